The normalized spacial score (nSPS) is 13.5. The summed E-state index contributed by atoms with van der Waals surface area (Å²) in [6, 6.07) is 1.27. The minimum Gasteiger partial charge on any atom is -0.481 e. The van der Waals surface area contributed by atoms with E-state index in [2.05, 4.69) is 10.3 Å². The van der Waals surface area contributed by atoms with Crippen LogP contribution in [0.2, 0.25) is 0 Å². The molecule has 0 aliphatic carbocycles. The summed E-state index contributed by atoms with van der Waals surface area (Å²) in [6.07, 6.45) is 3.36. The van der Waals surface area contributed by atoms with Crippen LogP contribution in [0.5, 0.6) is 0 Å². The van der Waals surface area contributed by atoms with E-state index < -0.39 is 11.9 Å². The molecule has 0 bridgehead atoms. The highest BCUT2D eigenvalue weighted by Gasteiger charge is 2.14. The van der Waals surface area contributed by atoms with Gasteiger partial charge in [-0.05, 0) is 26.7 Å². The number of carbonyl (C=O) groups is 2. The molecule has 0 aliphatic heterocycles. The molecule has 0 spiro atoms. The van der Waals surface area contributed by atoms with Crippen LogP contribution in [0.4, 0.5) is 0 Å². The number of aliphatic carboxylic acids is 1. The highest BCUT2D eigenvalue weighted by molar-refractivity contribution is 5.93. The number of aromatic nitrogens is 1. The molecule has 116 valence electrons. The van der Waals surface area contributed by atoms with Gasteiger partial charge in [-0.15, -0.1) is 0 Å². The van der Waals surface area contributed by atoms with E-state index in [1.165, 1.54) is 12.3 Å². The van der Waals surface area contributed by atoms with E-state index in [0.717, 1.165) is 0 Å². The predicted octanol–water partition coefficient (Wildman–Crippen LogP) is 1.69. The van der Waals surface area contributed by atoms with Crippen molar-refractivity contribution in [3.63, 3.8) is 0 Å². The van der Waals surface area contributed by atoms with Gasteiger partial charge in [-0.3, -0.25) is 14.4 Å². The second kappa shape index (κ2) is 7.61. The Morgan fingerprint density at radius 2 is 2.00 bits per heavy atom. The van der Waals surface area contributed by atoms with Crippen molar-refractivity contribution in [3.05, 3.63) is 33.7 Å². The number of hydrogen-bond donors (Lipinski definition) is 3. The molecule has 1 amide bonds. The van der Waals surface area contributed by atoms with Crippen molar-refractivity contribution < 1.29 is 14.7 Å². The van der Waals surface area contributed by atoms with E-state index in [1.54, 1.807) is 13.8 Å². The first-order chi connectivity index (χ1) is 9.81. The Morgan fingerprint density at radius 1 is 1.33 bits per heavy atom. The molecular weight excluding hydrogens is 272 g/mol. The number of nitrogens with one attached hydrogen (secondary N) is 2. The van der Waals surface area contributed by atoms with Crippen molar-refractivity contribution in [1.29, 1.82) is 0 Å². The summed E-state index contributed by atoms with van der Waals surface area (Å²) in [5.41, 5.74) is 0.481. The Morgan fingerprint density at radius 3 is 2.57 bits per heavy atom. The van der Waals surface area contributed by atoms with Crippen LogP contribution in [0.1, 0.15) is 49.2 Å². The smallest absolute Gasteiger partial charge is 0.306 e. The maximum Gasteiger partial charge on any atom is 0.306 e. The van der Waals surface area contributed by atoms with Gasteiger partial charge in [0.15, 0.2) is 5.43 Å². The summed E-state index contributed by atoms with van der Waals surface area (Å²) in [6.45, 7) is 5.25. The molecule has 1 rings (SSSR count). The molecule has 0 fully saturated rings. The van der Waals surface area contributed by atoms with Crippen molar-refractivity contribution in [2.45, 2.75) is 46.1 Å². The number of carboxylic acid groups (broad SMARTS) is 1. The molecule has 2 atom stereocenters. The molecule has 0 aromatic carbocycles. The Hall–Kier alpha value is -2.11. The van der Waals surface area contributed by atoms with Crippen LogP contribution in [-0.2, 0) is 4.79 Å². The Balaban J connectivity index is 2.47. The van der Waals surface area contributed by atoms with Crippen LogP contribution in [0.15, 0.2) is 17.1 Å². The van der Waals surface area contributed by atoms with Gasteiger partial charge in [0, 0.05) is 24.0 Å². The number of rotatable bonds is 7. The fourth-order valence-corrected chi connectivity index (χ4v) is 1.98. The highest BCUT2D eigenvalue weighted by Crippen LogP contribution is 2.09. The van der Waals surface area contributed by atoms with E-state index in [1.807, 2.05) is 6.92 Å². The van der Waals surface area contributed by atoms with Gasteiger partial charge in [0.2, 0.25) is 0 Å². The third kappa shape index (κ3) is 5.41. The van der Waals surface area contributed by atoms with Gasteiger partial charge in [0.25, 0.3) is 5.91 Å². The van der Waals surface area contributed by atoms with E-state index in [-0.39, 0.29) is 23.0 Å². The lowest BCUT2D eigenvalue weighted by Crippen LogP contribution is -2.35. The Bertz CT molecular complexity index is 565. The SMILES string of the molecule is Cc1cc(=O)c(C(=O)NC(C)CCCC(C)C(=O)O)c[nH]1. The Kier molecular flexibility index (Phi) is 6.14. The van der Waals surface area contributed by atoms with Gasteiger partial charge < -0.3 is 15.4 Å². The lowest BCUT2D eigenvalue weighted by Gasteiger charge is -2.14. The molecule has 0 saturated heterocycles. The summed E-state index contributed by atoms with van der Waals surface area (Å²) >= 11 is 0. The first-order valence-electron chi connectivity index (χ1n) is 7.04. The van der Waals surface area contributed by atoms with Gasteiger partial charge in [-0.25, -0.2) is 0 Å². The molecule has 1 aromatic rings. The minimum atomic E-state index is -0.808. The topological polar surface area (TPSA) is 99.3 Å². The van der Waals surface area contributed by atoms with Crippen molar-refractivity contribution in [2.75, 3.05) is 0 Å². The maximum atomic E-state index is 12.0. The predicted molar refractivity (Wildman–Crippen MR) is 79.4 cm³/mol. The quantitative estimate of drug-likeness (QED) is 0.712. The average molecular weight is 294 g/mol. The Labute approximate surface area is 123 Å². The van der Waals surface area contributed by atoms with E-state index >= 15 is 0 Å². The summed E-state index contributed by atoms with van der Waals surface area (Å²) < 4.78 is 0. The standard InChI is InChI=1S/C15H22N2O4/c1-9(15(20)21)5-4-6-10(2)17-14(19)12-8-16-11(3)7-13(12)18/h7-10H,4-6H2,1-3H3,(H,16,18)(H,17,19)(H,20,21). The molecule has 3 N–H and O–H groups in total. The molecule has 0 saturated carbocycles. The second-order valence-electron chi connectivity index (χ2n) is 5.44. The summed E-state index contributed by atoms with van der Waals surface area (Å²) in [4.78, 5) is 37.2. The van der Waals surface area contributed by atoms with E-state index in [4.69, 9.17) is 5.11 Å². The molecule has 21 heavy (non-hydrogen) atoms. The number of amides is 1. The number of aromatic amines is 1. The molecule has 2 unspecified atom stereocenters. The van der Waals surface area contributed by atoms with Crippen LogP contribution < -0.4 is 10.7 Å². The number of H-pyrrole nitrogens is 1. The van der Waals surface area contributed by atoms with Gasteiger partial charge in [-0.1, -0.05) is 13.3 Å². The first kappa shape index (κ1) is 16.9. The molecule has 0 radical (unpaired) electrons. The lowest BCUT2D eigenvalue weighted by atomic mass is 10.0. The summed E-state index contributed by atoms with van der Waals surface area (Å²) in [7, 11) is 0. The van der Waals surface area contributed by atoms with Crippen molar-refractivity contribution >= 4 is 11.9 Å². The maximum absolute atomic E-state index is 12.0. The third-order valence-electron chi connectivity index (χ3n) is 3.38. The van der Waals surface area contributed by atoms with Crippen LogP contribution in [0, 0.1) is 12.8 Å². The minimum absolute atomic E-state index is 0.0892. The van der Waals surface area contributed by atoms with Crippen LogP contribution in [0.3, 0.4) is 0 Å². The summed E-state index contributed by atoms with van der Waals surface area (Å²) in [5.74, 6) is -1.60. The highest BCUT2D eigenvalue weighted by atomic mass is 16.4. The summed E-state index contributed by atoms with van der Waals surface area (Å²) in [5, 5.41) is 11.5. The molecule has 6 nitrogen and oxygen atoms in total. The number of carbonyl (C=O) groups excluding carboxylic acids is 1. The van der Waals surface area contributed by atoms with Crippen molar-refractivity contribution in [1.82, 2.24) is 10.3 Å². The number of hydrogen-bond acceptors (Lipinski definition) is 3. The fraction of sp³-hybridized carbons (Fsp3) is 0.533. The van der Waals surface area contributed by atoms with Gasteiger partial charge in [0.05, 0.1) is 5.92 Å². The first-order valence-corrected chi connectivity index (χ1v) is 7.04. The van der Waals surface area contributed by atoms with E-state index in [9.17, 15) is 14.4 Å². The van der Waals surface area contributed by atoms with Crippen molar-refractivity contribution in [3.8, 4) is 0 Å². The van der Waals surface area contributed by atoms with E-state index in [0.29, 0.717) is 25.0 Å². The van der Waals surface area contributed by atoms with Gasteiger partial charge >= 0.3 is 5.97 Å². The van der Waals surface area contributed by atoms with Crippen LogP contribution in [0.25, 0.3) is 0 Å². The number of pyridine rings is 1. The molecule has 6 heteroatoms. The van der Waals surface area contributed by atoms with Gasteiger partial charge in [-0.2, -0.15) is 0 Å². The monoisotopic (exact) mass is 294 g/mol. The van der Waals surface area contributed by atoms with Crippen LogP contribution in [-0.4, -0.2) is 28.0 Å². The zero-order valence-electron chi connectivity index (χ0n) is 12.6. The number of carboxylic acids is 1. The average Bonchev–Trinajstić information content (AvgIpc) is 2.37. The lowest BCUT2D eigenvalue weighted by molar-refractivity contribution is -0.141. The zero-order valence-corrected chi connectivity index (χ0v) is 12.6. The molecular formula is C15H22N2O4. The third-order valence-corrected chi connectivity index (χ3v) is 3.38. The van der Waals surface area contributed by atoms with Crippen LogP contribution >= 0.6 is 0 Å². The van der Waals surface area contributed by atoms with Crippen molar-refractivity contribution in [2.24, 2.45) is 5.92 Å². The number of aryl methyl sites for hydroxylation is 1. The molecule has 0 aliphatic rings. The molecule has 1 aromatic heterocycles. The molecule has 1 heterocycles. The second-order valence-corrected chi connectivity index (χ2v) is 5.44. The zero-order chi connectivity index (χ0) is 16.0. The largest absolute Gasteiger partial charge is 0.481 e. The fourth-order valence-electron chi connectivity index (χ4n) is 1.98. The van der Waals surface area contributed by atoms with Gasteiger partial charge in [0.1, 0.15) is 5.56 Å².